The Morgan fingerprint density at radius 2 is 1.18 bits per heavy atom. The fourth-order valence-corrected chi connectivity index (χ4v) is 4.79. The fourth-order valence-electron chi connectivity index (χ4n) is 3.16. The van der Waals surface area contributed by atoms with Crippen LogP contribution in [-0.4, -0.2) is 69.1 Å². The molecule has 0 atom stereocenters. The van der Waals surface area contributed by atoms with E-state index in [0.717, 1.165) is 32.2 Å². The average Bonchev–Trinajstić information content (AvgIpc) is 2.26. The average molecular weight is 358 g/mol. The molecule has 0 aromatic rings. The van der Waals surface area contributed by atoms with Crippen molar-refractivity contribution in [3.05, 3.63) is 0 Å². The molecule has 132 valence electrons. The van der Waals surface area contributed by atoms with Gasteiger partial charge in [-0.25, -0.2) is 0 Å². The minimum atomic E-state index is -4.33. The molecule has 0 aliphatic heterocycles. The molecule has 0 radical (unpaired) electrons. The minimum absolute atomic E-state index is 0.233. The number of rotatable bonds is 8. The molecule has 0 spiro atoms. The normalized spacial score (nSPS) is 24.2. The molecule has 22 heavy (non-hydrogen) atoms. The summed E-state index contributed by atoms with van der Waals surface area (Å²) < 4.78 is 22.3. The molecular weight excluding hydrogens is 330 g/mol. The number of hydrogen-bond acceptors (Lipinski definition) is 4. The lowest BCUT2D eigenvalue weighted by molar-refractivity contribution is 0.178. The van der Waals surface area contributed by atoms with Gasteiger partial charge in [-0.15, -0.1) is 0 Å². The van der Waals surface area contributed by atoms with Crippen LogP contribution in [0, 0.1) is 11.8 Å². The van der Waals surface area contributed by atoms with Gasteiger partial charge in [0.15, 0.2) is 0 Å². The summed E-state index contributed by atoms with van der Waals surface area (Å²) in [7, 11) is -4.59. The van der Waals surface area contributed by atoms with Crippen LogP contribution in [0.2, 0.25) is 0 Å². The largest absolute Gasteiger partial charge is 0.339 e. The molecule has 0 heterocycles. The van der Waals surface area contributed by atoms with E-state index >= 15 is 0 Å². The summed E-state index contributed by atoms with van der Waals surface area (Å²) >= 11 is 0. The Labute approximate surface area is 131 Å². The standard InChI is InChI=1S/C12H28N2O6P2/c1-13(2)7-11-3-5-12(6-4-11)8-14(9-21(15,16)17)10-22(18,19)20/h11-12H,3-10H2,1-2H3,(H2,15,16,17)(H2,18,19,20). The summed E-state index contributed by atoms with van der Waals surface area (Å²) in [5.41, 5.74) is 0. The topological polar surface area (TPSA) is 122 Å². The second kappa shape index (κ2) is 8.36. The highest BCUT2D eigenvalue weighted by Crippen LogP contribution is 2.42. The molecule has 1 fully saturated rings. The van der Waals surface area contributed by atoms with Crippen molar-refractivity contribution in [1.82, 2.24) is 9.80 Å². The van der Waals surface area contributed by atoms with Gasteiger partial charge in [-0.1, -0.05) is 0 Å². The number of nitrogens with zero attached hydrogens (tertiary/aromatic N) is 2. The summed E-state index contributed by atoms with van der Waals surface area (Å²) in [6, 6.07) is 0. The van der Waals surface area contributed by atoms with Crippen molar-refractivity contribution in [2.45, 2.75) is 25.7 Å². The Balaban J connectivity index is 2.53. The first-order chi connectivity index (χ1) is 9.94. The molecule has 0 saturated heterocycles. The van der Waals surface area contributed by atoms with Crippen molar-refractivity contribution >= 4 is 15.2 Å². The maximum Gasteiger partial charge on any atom is 0.339 e. The lowest BCUT2D eigenvalue weighted by Crippen LogP contribution is -2.34. The quantitative estimate of drug-likeness (QED) is 0.473. The van der Waals surface area contributed by atoms with E-state index in [1.807, 2.05) is 14.1 Å². The third-order valence-electron chi connectivity index (χ3n) is 3.87. The third-order valence-corrected chi connectivity index (χ3v) is 5.41. The first-order valence-corrected chi connectivity index (χ1v) is 11.0. The van der Waals surface area contributed by atoms with Gasteiger partial charge < -0.3 is 24.5 Å². The zero-order valence-corrected chi connectivity index (χ0v) is 15.0. The van der Waals surface area contributed by atoms with Crippen LogP contribution in [0.5, 0.6) is 0 Å². The van der Waals surface area contributed by atoms with Crippen molar-refractivity contribution in [1.29, 1.82) is 0 Å². The maximum atomic E-state index is 11.1. The Bertz CT molecular complexity index is 403. The second-order valence-electron chi connectivity index (χ2n) is 6.61. The van der Waals surface area contributed by atoms with E-state index in [9.17, 15) is 9.13 Å². The Hall–Kier alpha value is 0.220. The highest BCUT2D eigenvalue weighted by Gasteiger charge is 2.29. The van der Waals surface area contributed by atoms with E-state index in [2.05, 4.69) is 4.90 Å². The molecular formula is C12H28N2O6P2. The van der Waals surface area contributed by atoms with Crippen molar-refractivity contribution in [3.63, 3.8) is 0 Å². The van der Waals surface area contributed by atoms with Gasteiger partial charge >= 0.3 is 15.2 Å². The van der Waals surface area contributed by atoms with Crippen LogP contribution in [0.3, 0.4) is 0 Å². The van der Waals surface area contributed by atoms with Crippen LogP contribution in [0.4, 0.5) is 0 Å². The fraction of sp³-hybridized carbons (Fsp3) is 1.00. The third kappa shape index (κ3) is 9.38. The predicted molar refractivity (Wildman–Crippen MR) is 84.5 cm³/mol. The summed E-state index contributed by atoms with van der Waals surface area (Å²) in [5.74, 6) is 0.861. The zero-order valence-electron chi connectivity index (χ0n) is 13.2. The molecule has 0 amide bonds. The van der Waals surface area contributed by atoms with Crippen LogP contribution in [0.15, 0.2) is 0 Å². The van der Waals surface area contributed by atoms with Gasteiger partial charge in [0, 0.05) is 13.1 Å². The van der Waals surface area contributed by atoms with Gasteiger partial charge in [-0.05, 0) is 51.6 Å². The van der Waals surface area contributed by atoms with Crippen molar-refractivity contribution in [3.8, 4) is 0 Å². The van der Waals surface area contributed by atoms with Crippen molar-refractivity contribution in [2.75, 3.05) is 39.8 Å². The van der Waals surface area contributed by atoms with Crippen LogP contribution in [-0.2, 0) is 9.13 Å². The Kier molecular flexibility index (Phi) is 7.70. The Morgan fingerprint density at radius 1 is 0.818 bits per heavy atom. The van der Waals surface area contributed by atoms with Gasteiger partial charge in [0.2, 0.25) is 0 Å². The highest BCUT2D eigenvalue weighted by molar-refractivity contribution is 7.52. The zero-order chi connectivity index (χ0) is 17.0. The maximum absolute atomic E-state index is 11.1. The molecule has 0 unspecified atom stereocenters. The van der Waals surface area contributed by atoms with E-state index in [4.69, 9.17) is 19.6 Å². The first-order valence-electron chi connectivity index (χ1n) is 7.41. The van der Waals surface area contributed by atoms with Crippen LogP contribution < -0.4 is 0 Å². The van der Waals surface area contributed by atoms with Gasteiger partial charge in [0.05, 0.1) is 0 Å². The Morgan fingerprint density at radius 3 is 1.50 bits per heavy atom. The summed E-state index contributed by atoms with van der Waals surface area (Å²) in [4.78, 5) is 39.6. The van der Waals surface area contributed by atoms with Gasteiger partial charge in [-0.3, -0.25) is 14.0 Å². The lowest BCUT2D eigenvalue weighted by Gasteiger charge is -2.33. The predicted octanol–water partition coefficient (Wildman–Crippen LogP) is 0.927. The molecule has 1 aliphatic rings. The van der Waals surface area contributed by atoms with Crippen molar-refractivity contribution in [2.24, 2.45) is 11.8 Å². The van der Waals surface area contributed by atoms with Gasteiger partial charge in [0.25, 0.3) is 0 Å². The summed E-state index contributed by atoms with van der Waals surface area (Å²) in [6.07, 6.45) is 2.74. The van der Waals surface area contributed by atoms with E-state index in [1.54, 1.807) is 0 Å². The molecule has 1 aliphatic carbocycles. The van der Waals surface area contributed by atoms with Crippen molar-refractivity contribution < 1.29 is 28.7 Å². The molecule has 0 aromatic heterocycles. The van der Waals surface area contributed by atoms with E-state index < -0.39 is 27.8 Å². The highest BCUT2D eigenvalue weighted by atomic mass is 31.2. The molecule has 8 nitrogen and oxygen atoms in total. The number of hydrogen-bond donors (Lipinski definition) is 4. The smallest absolute Gasteiger partial charge is 0.324 e. The minimum Gasteiger partial charge on any atom is -0.324 e. The molecule has 0 bridgehead atoms. The van der Waals surface area contributed by atoms with E-state index in [0.29, 0.717) is 12.5 Å². The van der Waals surface area contributed by atoms with Crippen LogP contribution in [0.1, 0.15) is 25.7 Å². The van der Waals surface area contributed by atoms with Gasteiger partial charge in [-0.2, -0.15) is 0 Å². The second-order valence-corrected chi connectivity index (χ2v) is 9.84. The van der Waals surface area contributed by atoms with Crippen LogP contribution >= 0.6 is 15.2 Å². The molecule has 1 rings (SSSR count). The molecule has 0 aromatic carbocycles. The monoisotopic (exact) mass is 358 g/mol. The van der Waals surface area contributed by atoms with Gasteiger partial charge in [0.1, 0.15) is 12.6 Å². The summed E-state index contributed by atoms with van der Waals surface area (Å²) in [5, 5.41) is 0. The molecule has 10 heteroatoms. The SMILES string of the molecule is CN(C)CC1CCC(CN(CP(=O)(O)O)CP(=O)(O)O)CC1. The van der Waals surface area contributed by atoms with Crippen LogP contribution in [0.25, 0.3) is 0 Å². The first kappa shape index (κ1) is 20.3. The van der Waals surface area contributed by atoms with E-state index in [1.165, 1.54) is 4.90 Å². The summed E-state index contributed by atoms with van der Waals surface area (Å²) in [6.45, 7) is 1.35. The molecule has 1 saturated carbocycles. The lowest BCUT2D eigenvalue weighted by atomic mass is 9.81. The van der Waals surface area contributed by atoms with E-state index in [-0.39, 0.29) is 5.92 Å². The molecule has 4 N–H and O–H groups in total.